The number of furan rings is 1. The molecular weight excluding hydrogens is 272 g/mol. The van der Waals surface area contributed by atoms with Crippen LogP contribution in [0.4, 0.5) is 0 Å². The van der Waals surface area contributed by atoms with Crippen molar-refractivity contribution < 1.29 is 14.3 Å². The van der Waals surface area contributed by atoms with E-state index in [0.29, 0.717) is 11.3 Å². The SMILES string of the molecule is Cc1cccn(CC(=O)NCC(C)(O)c2ccco2)c1=O. The number of carbonyl (C=O) groups is 1. The van der Waals surface area contributed by atoms with Crippen LogP contribution in [0.15, 0.2) is 45.9 Å². The van der Waals surface area contributed by atoms with Crippen LogP contribution in [0.3, 0.4) is 0 Å². The zero-order chi connectivity index (χ0) is 15.5. The average Bonchev–Trinajstić information content (AvgIpc) is 2.97. The van der Waals surface area contributed by atoms with E-state index in [1.807, 2.05) is 0 Å². The monoisotopic (exact) mass is 290 g/mol. The molecule has 0 aromatic carbocycles. The zero-order valence-electron chi connectivity index (χ0n) is 12.0. The first-order valence-electron chi connectivity index (χ1n) is 6.59. The number of hydrogen-bond acceptors (Lipinski definition) is 4. The highest BCUT2D eigenvalue weighted by Gasteiger charge is 2.26. The molecule has 6 nitrogen and oxygen atoms in total. The minimum atomic E-state index is -1.29. The third kappa shape index (κ3) is 3.61. The van der Waals surface area contributed by atoms with Gasteiger partial charge in [0.15, 0.2) is 0 Å². The zero-order valence-corrected chi connectivity index (χ0v) is 12.0. The average molecular weight is 290 g/mol. The van der Waals surface area contributed by atoms with E-state index in [-0.39, 0.29) is 24.6 Å². The molecule has 0 fully saturated rings. The Morgan fingerprint density at radius 2 is 2.19 bits per heavy atom. The Bertz CT molecular complexity index is 671. The van der Waals surface area contributed by atoms with E-state index in [0.717, 1.165) is 0 Å². The number of rotatable bonds is 5. The van der Waals surface area contributed by atoms with Gasteiger partial charge >= 0.3 is 0 Å². The molecule has 0 bridgehead atoms. The molecule has 0 saturated carbocycles. The summed E-state index contributed by atoms with van der Waals surface area (Å²) in [7, 11) is 0. The third-order valence-corrected chi connectivity index (χ3v) is 3.21. The molecule has 2 rings (SSSR count). The number of carbonyl (C=O) groups excluding carboxylic acids is 1. The Labute approximate surface area is 122 Å². The largest absolute Gasteiger partial charge is 0.466 e. The van der Waals surface area contributed by atoms with Gasteiger partial charge in [0.25, 0.3) is 5.56 Å². The van der Waals surface area contributed by atoms with Crippen molar-refractivity contribution in [3.8, 4) is 0 Å². The van der Waals surface area contributed by atoms with Crippen LogP contribution < -0.4 is 10.9 Å². The summed E-state index contributed by atoms with van der Waals surface area (Å²) in [6.07, 6.45) is 3.01. The molecule has 0 aliphatic rings. The van der Waals surface area contributed by atoms with E-state index in [4.69, 9.17) is 4.42 Å². The molecule has 0 saturated heterocycles. The van der Waals surface area contributed by atoms with Crippen molar-refractivity contribution in [2.45, 2.75) is 26.0 Å². The lowest BCUT2D eigenvalue weighted by Crippen LogP contribution is -2.41. The number of pyridine rings is 1. The summed E-state index contributed by atoms with van der Waals surface area (Å²) in [5.41, 5.74) is -0.921. The van der Waals surface area contributed by atoms with Crippen LogP contribution in [0.1, 0.15) is 18.2 Å². The molecule has 6 heteroatoms. The second-order valence-electron chi connectivity index (χ2n) is 5.15. The number of nitrogens with zero attached hydrogens (tertiary/aromatic N) is 1. The van der Waals surface area contributed by atoms with E-state index < -0.39 is 5.60 Å². The summed E-state index contributed by atoms with van der Waals surface area (Å²) in [6.45, 7) is 3.15. The van der Waals surface area contributed by atoms with Crippen molar-refractivity contribution in [2.24, 2.45) is 0 Å². The van der Waals surface area contributed by atoms with Crippen LogP contribution >= 0.6 is 0 Å². The summed E-state index contributed by atoms with van der Waals surface area (Å²) >= 11 is 0. The van der Waals surface area contributed by atoms with Gasteiger partial charge in [-0.15, -0.1) is 0 Å². The van der Waals surface area contributed by atoms with Gasteiger partial charge in [0.2, 0.25) is 5.91 Å². The van der Waals surface area contributed by atoms with Crippen molar-refractivity contribution in [3.05, 3.63) is 58.4 Å². The minimum Gasteiger partial charge on any atom is -0.466 e. The summed E-state index contributed by atoms with van der Waals surface area (Å²) in [5, 5.41) is 12.8. The van der Waals surface area contributed by atoms with Crippen LogP contribution in [0.2, 0.25) is 0 Å². The second kappa shape index (κ2) is 5.97. The normalized spacial score (nSPS) is 13.7. The second-order valence-corrected chi connectivity index (χ2v) is 5.15. The lowest BCUT2D eigenvalue weighted by molar-refractivity contribution is -0.123. The van der Waals surface area contributed by atoms with Crippen LogP contribution in [-0.2, 0) is 16.9 Å². The van der Waals surface area contributed by atoms with Gasteiger partial charge in [-0.1, -0.05) is 6.07 Å². The Kier molecular flexibility index (Phi) is 4.28. The summed E-state index contributed by atoms with van der Waals surface area (Å²) in [4.78, 5) is 23.7. The Morgan fingerprint density at radius 1 is 1.43 bits per heavy atom. The number of aryl methyl sites for hydroxylation is 1. The number of nitrogens with one attached hydrogen (secondary N) is 1. The molecule has 1 amide bonds. The van der Waals surface area contributed by atoms with Gasteiger partial charge in [0, 0.05) is 11.8 Å². The first-order valence-corrected chi connectivity index (χ1v) is 6.59. The van der Waals surface area contributed by atoms with Gasteiger partial charge in [0.05, 0.1) is 12.8 Å². The fraction of sp³-hybridized carbons (Fsp3) is 0.333. The Morgan fingerprint density at radius 3 is 2.86 bits per heavy atom. The molecule has 1 unspecified atom stereocenters. The maximum absolute atomic E-state index is 11.9. The van der Waals surface area contributed by atoms with Crippen LogP contribution in [0.25, 0.3) is 0 Å². The molecule has 0 aliphatic carbocycles. The van der Waals surface area contributed by atoms with E-state index in [2.05, 4.69) is 5.32 Å². The number of aromatic nitrogens is 1. The number of amides is 1. The lowest BCUT2D eigenvalue weighted by atomic mass is 10.0. The smallest absolute Gasteiger partial charge is 0.253 e. The van der Waals surface area contributed by atoms with Gasteiger partial charge in [-0.2, -0.15) is 0 Å². The van der Waals surface area contributed by atoms with Gasteiger partial charge in [-0.3, -0.25) is 9.59 Å². The summed E-state index contributed by atoms with van der Waals surface area (Å²) < 4.78 is 6.45. The molecule has 0 radical (unpaired) electrons. The minimum absolute atomic E-state index is 0.0000865. The predicted molar refractivity (Wildman–Crippen MR) is 76.7 cm³/mol. The van der Waals surface area contributed by atoms with Crippen molar-refractivity contribution >= 4 is 5.91 Å². The Hall–Kier alpha value is -2.34. The summed E-state index contributed by atoms with van der Waals surface area (Å²) in [6, 6.07) is 6.70. The molecule has 21 heavy (non-hydrogen) atoms. The third-order valence-electron chi connectivity index (χ3n) is 3.21. The van der Waals surface area contributed by atoms with Crippen molar-refractivity contribution in [1.29, 1.82) is 0 Å². The van der Waals surface area contributed by atoms with Gasteiger partial charge < -0.3 is 19.4 Å². The quantitative estimate of drug-likeness (QED) is 0.852. The molecule has 0 spiro atoms. The van der Waals surface area contributed by atoms with E-state index >= 15 is 0 Å². The molecule has 2 N–H and O–H groups in total. The van der Waals surface area contributed by atoms with E-state index in [9.17, 15) is 14.7 Å². The summed E-state index contributed by atoms with van der Waals surface area (Å²) in [5.74, 6) is 0.0186. The Balaban J connectivity index is 1.97. The lowest BCUT2D eigenvalue weighted by Gasteiger charge is -2.21. The molecule has 2 aromatic rings. The first kappa shape index (κ1) is 15.1. The number of aliphatic hydroxyl groups is 1. The van der Waals surface area contributed by atoms with Crippen LogP contribution in [0.5, 0.6) is 0 Å². The van der Waals surface area contributed by atoms with Crippen LogP contribution in [-0.4, -0.2) is 22.1 Å². The molecule has 112 valence electrons. The molecule has 1 atom stereocenters. The first-order chi connectivity index (χ1) is 9.90. The molecule has 0 aliphatic heterocycles. The topological polar surface area (TPSA) is 84.5 Å². The molecular formula is C15H18N2O4. The fourth-order valence-corrected chi connectivity index (χ4v) is 1.93. The van der Waals surface area contributed by atoms with Crippen molar-refractivity contribution in [1.82, 2.24) is 9.88 Å². The highest BCUT2D eigenvalue weighted by Crippen LogP contribution is 2.19. The molecule has 2 aromatic heterocycles. The van der Waals surface area contributed by atoms with Gasteiger partial charge in [0.1, 0.15) is 17.9 Å². The highest BCUT2D eigenvalue weighted by atomic mass is 16.4. The van der Waals surface area contributed by atoms with Crippen LogP contribution in [0, 0.1) is 6.92 Å². The van der Waals surface area contributed by atoms with Gasteiger partial charge in [-0.25, -0.2) is 0 Å². The molecule has 2 heterocycles. The van der Waals surface area contributed by atoms with Gasteiger partial charge in [-0.05, 0) is 32.0 Å². The standard InChI is InChI=1S/C15H18N2O4/c1-11-5-3-7-17(14(11)19)9-13(18)16-10-15(2,20)12-6-4-8-21-12/h3-8,20H,9-10H2,1-2H3,(H,16,18). The van der Waals surface area contributed by atoms with E-state index in [1.54, 1.807) is 44.3 Å². The predicted octanol–water partition coefficient (Wildman–Crippen LogP) is 0.774. The maximum atomic E-state index is 11.9. The number of hydrogen-bond donors (Lipinski definition) is 2. The highest BCUT2D eigenvalue weighted by molar-refractivity contribution is 5.75. The van der Waals surface area contributed by atoms with E-state index in [1.165, 1.54) is 10.8 Å². The van der Waals surface area contributed by atoms with Crippen molar-refractivity contribution in [3.63, 3.8) is 0 Å². The fourth-order valence-electron chi connectivity index (χ4n) is 1.93. The van der Waals surface area contributed by atoms with Crippen molar-refractivity contribution in [2.75, 3.05) is 6.54 Å². The maximum Gasteiger partial charge on any atom is 0.253 e.